The molecule has 120 valence electrons. The summed E-state index contributed by atoms with van der Waals surface area (Å²) in [5, 5.41) is 1.92. The van der Waals surface area contributed by atoms with Crippen molar-refractivity contribution in [2.75, 3.05) is 5.32 Å². The molecule has 0 aliphatic heterocycles. The summed E-state index contributed by atoms with van der Waals surface area (Å²) < 4.78 is 0. The Hall–Kier alpha value is -1.33. The van der Waals surface area contributed by atoms with Gasteiger partial charge < -0.3 is 5.32 Å². The van der Waals surface area contributed by atoms with Crippen LogP contribution in [0.4, 0.5) is 5.69 Å². The molecule has 0 aliphatic rings. The topological polar surface area (TPSA) is 29.1 Å². The first-order chi connectivity index (χ1) is 10.7. The molecule has 0 heterocycles. The molecule has 0 aromatic heterocycles. The third kappa shape index (κ3) is 7.66. The van der Waals surface area contributed by atoms with E-state index in [1.807, 2.05) is 44.2 Å². The SMILES string of the molecule is [B]C(C)(C)C(=O)Nc1ccc(SSC(/C=C\C(=C)C)=C/C)cc1. The first-order valence-corrected chi connectivity index (χ1v) is 9.42. The molecule has 0 saturated heterocycles. The Labute approximate surface area is 148 Å². The maximum Gasteiger partial charge on any atom is 0.221 e. The van der Waals surface area contributed by atoms with Gasteiger partial charge in [-0.2, -0.15) is 0 Å². The Balaban J connectivity index is 2.61. The first-order valence-electron chi connectivity index (χ1n) is 7.27. The van der Waals surface area contributed by atoms with Crippen LogP contribution in [0.25, 0.3) is 0 Å². The number of nitrogens with one attached hydrogen (secondary N) is 1. The average Bonchev–Trinajstić information content (AvgIpc) is 2.47. The third-order valence-electron chi connectivity index (χ3n) is 2.75. The summed E-state index contributed by atoms with van der Waals surface area (Å²) in [4.78, 5) is 14.1. The third-order valence-corrected chi connectivity index (χ3v) is 5.27. The highest BCUT2D eigenvalue weighted by Gasteiger charge is 2.20. The van der Waals surface area contributed by atoms with Gasteiger partial charge in [0.15, 0.2) is 0 Å². The highest BCUT2D eigenvalue weighted by Crippen LogP contribution is 2.37. The van der Waals surface area contributed by atoms with E-state index in [-0.39, 0.29) is 5.91 Å². The van der Waals surface area contributed by atoms with E-state index in [4.69, 9.17) is 7.85 Å². The van der Waals surface area contributed by atoms with Crippen LogP contribution in [0.2, 0.25) is 5.31 Å². The molecular weight excluding hydrogens is 321 g/mol. The van der Waals surface area contributed by atoms with Gasteiger partial charge in [0.2, 0.25) is 5.91 Å². The summed E-state index contributed by atoms with van der Waals surface area (Å²) in [6.07, 6.45) is 6.11. The maximum absolute atomic E-state index is 11.8. The van der Waals surface area contributed by atoms with Gasteiger partial charge in [0.25, 0.3) is 0 Å². The summed E-state index contributed by atoms with van der Waals surface area (Å²) in [6, 6.07) is 7.72. The molecule has 1 aromatic carbocycles. The molecule has 2 radical (unpaired) electrons. The predicted molar refractivity (Wildman–Crippen MR) is 106 cm³/mol. The minimum atomic E-state index is -0.889. The molecule has 5 heteroatoms. The van der Waals surface area contributed by atoms with Crippen molar-refractivity contribution in [1.29, 1.82) is 0 Å². The molecule has 1 rings (SSSR count). The second kappa shape index (κ2) is 9.09. The number of amides is 1. The van der Waals surface area contributed by atoms with Crippen LogP contribution in [0.1, 0.15) is 27.7 Å². The number of anilines is 1. The lowest BCUT2D eigenvalue weighted by Gasteiger charge is -2.18. The summed E-state index contributed by atoms with van der Waals surface area (Å²) in [5.74, 6) is -0.201. The van der Waals surface area contributed by atoms with Crippen LogP contribution in [0, 0.1) is 0 Å². The molecule has 2 nitrogen and oxygen atoms in total. The van der Waals surface area contributed by atoms with Crippen LogP contribution in [0.15, 0.2) is 64.4 Å². The number of carbonyl (C=O) groups excluding carboxylic acids is 1. The largest absolute Gasteiger partial charge is 0.326 e. The lowest BCUT2D eigenvalue weighted by Crippen LogP contribution is -2.24. The zero-order valence-electron chi connectivity index (χ0n) is 14.1. The van der Waals surface area contributed by atoms with Crippen molar-refractivity contribution in [2.24, 2.45) is 0 Å². The minimum Gasteiger partial charge on any atom is -0.326 e. The number of rotatable bonds is 7. The van der Waals surface area contributed by atoms with Gasteiger partial charge in [-0.25, -0.2) is 0 Å². The van der Waals surface area contributed by atoms with Gasteiger partial charge in [-0.1, -0.05) is 59.7 Å². The molecule has 0 atom stereocenters. The Morgan fingerprint density at radius 2 is 1.87 bits per heavy atom. The summed E-state index contributed by atoms with van der Waals surface area (Å²) in [7, 11) is 9.12. The van der Waals surface area contributed by atoms with Crippen molar-refractivity contribution in [3.05, 3.63) is 59.6 Å². The fraction of sp³-hybridized carbons (Fsp3) is 0.278. The minimum absolute atomic E-state index is 0.201. The Morgan fingerprint density at radius 1 is 1.26 bits per heavy atom. The molecule has 0 spiro atoms. The predicted octanol–water partition coefficient (Wildman–Crippen LogP) is 5.77. The van der Waals surface area contributed by atoms with Gasteiger partial charge in [0.1, 0.15) is 0 Å². The number of hydrogen-bond acceptors (Lipinski definition) is 3. The van der Waals surface area contributed by atoms with Crippen LogP contribution in [-0.2, 0) is 4.79 Å². The van der Waals surface area contributed by atoms with Gasteiger partial charge in [0, 0.05) is 20.8 Å². The smallest absolute Gasteiger partial charge is 0.221 e. The number of benzene rings is 1. The van der Waals surface area contributed by atoms with Crippen molar-refractivity contribution in [3.8, 4) is 0 Å². The van der Waals surface area contributed by atoms with E-state index in [1.165, 1.54) is 4.91 Å². The Kier molecular flexibility index (Phi) is 7.79. The van der Waals surface area contributed by atoms with Crippen LogP contribution in [-0.4, -0.2) is 13.8 Å². The normalized spacial score (nSPS) is 12.4. The van der Waals surface area contributed by atoms with Gasteiger partial charge in [0.05, 0.1) is 7.85 Å². The molecule has 1 aromatic rings. The van der Waals surface area contributed by atoms with E-state index in [0.717, 1.165) is 16.2 Å². The lowest BCUT2D eigenvalue weighted by molar-refractivity contribution is -0.118. The highest BCUT2D eigenvalue weighted by molar-refractivity contribution is 8.78. The molecule has 0 aliphatic carbocycles. The van der Waals surface area contributed by atoms with Crippen LogP contribution in [0.3, 0.4) is 0 Å². The number of allylic oxidation sites excluding steroid dienone is 4. The van der Waals surface area contributed by atoms with Gasteiger partial charge in [-0.05, 0) is 44.2 Å². The van der Waals surface area contributed by atoms with Crippen molar-refractivity contribution < 1.29 is 4.79 Å². The number of carbonyl (C=O) groups is 1. The van der Waals surface area contributed by atoms with Crippen molar-refractivity contribution in [1.82, 2.24) is 0 Å². The zero-order chi connectivity index (χ0) is 17.5. The molecule has 0 saturated carbocycles. The van der Waals surface area contributed by atoms with E-state index in [1.54, 1.807) is 35.4 Å². The fourth-order valence-electron chi connectivity index (χ4n) is 1.38. The molecule has 0 fully saturated rings. The highest BCUT2D eigenvalue weighted by atomic mass is 33.1. The molecule has 23 heavy (non-hydrogen) atoms. The second-order valence-electron chi connectivity index (χ2n) is 5.74. The van der Waals surface area contributed by atoms with Crippen molar-refractivity contribution >= 4 is 41.0 Å². The molecule has 0 bridgehead atoms. The average molecular weight is 343 g/mol. The van der Waals surface area contributed by atoms with Crippen molar-refractivity contribution in [3.63, 3.8) is 0 Å². The number of hydrogen-bond donors (Lipinski definition) is 1. The Morgan fingerprint density at radius 3 is 2.35 bits per heavy atom. The van der Waals surface area contributed by atoms with E-state index >= 15 is 0 Å². The Bertz CT molecular complexity index is 613. The molecule has 1 N–H and O–H groups in total. The zero-order valence-corrected chi connectivity index (χ0v) is 15.7. The van der Waals surface area contributed by atoms with Crippen LogP contribution < -0.4 is 5.32 Å². The first kappa shape index (κ1) is 19.7. The van der Waals surface area contributed by atoms with Gasteiger partial charge >= 0.3 is 0 Å². The van der Waals surface area contributed by atoms with Gasteiger partial charge in [-0.3, -0.25) is 4.79 Å². The second-order valence-corrected chi connectivity index (χ2v) is 8.01. The van der Waals surface area contributed by atoms with E-state index < -0.39 is 5.31 Å². The van der Waals surface area contributed by atoms with E-state index in [0.29, 0.717) is 0 Å². The fourth-order valence-corrected chi connectivity index (χ4v) is 3.40. The summed E-state index contributed by atoms with van der Waals surface area (Å²) >= 11 is 0. The molecular formula is C18H22BNOS2. The summed E-state index contributed by atoms with van der Waals surface area (Å²) in [6.45, 7) is 11.2. The van der Waals surface area contributed by atoms with E-state index in [9.17, 15) is 4.79 Å². The summed E-state index contributed by atoms with van der Waals surface area (Å²) in [5.41, 5.74) is 1.77. The van der Waals surface area contributed by atoms with E-state index in [2.05, 4.69) is 24.0 Å². The molecule has 0 unspecified atom stereocenters. The van der Waals surface area contributed by atoms with Crippen LogP contribution >= 0.6 is 21.6 Å². The lowest BCUT2D eigenvalue weighted by atomic mass is 9.72. The van der Waals surface area contributed by atoms with Gasteiger partial charge in [-0.15, -0.1) is 0 Å². The monoisotopic (exact) mass is 343 g/mol. The van der Waals surface area contributed by atoms with Crippen molar-refractivity contribution in [2.45, 2.75) is 37.9 Å². The molecule has 1 amide bonds. The quantitative estimate of drug-likeness (QED) is 0.387. The standard InChI is InChI=1S/C18H22BNOS2/c1-6-15(10-7-13(2)3)22-23-16-11-8-14(9-12-16)20-17(21)18(4,5)19/h6-12H,2H2,1,3-5H3,(H,20,21)/b10-7-,15-6+. The maximum atomic E-state index is 11.8. The van der Waals surface area contributed by atoms with Crippen LogP contribution in [0.5, 0.6) is 0 Å².